The fourth-order valence-electron chi connectivity index (χ4n) is 3.72. The van der Waals surface area contributed by atoms with Gasteiger partial charge in [-0.25, -0.2) is 9.59 Å². The minimum absolute atomic E-state index is 0.255. The monoisotopic (exact) mass is 438 g/mol. The smallest absolute Gasteiger partial charge is 0.411 e. The summed E-state index contributed by atoms with van der Waals surface area (Å²) in [7, 11) is 1.29. The summed E-state index contributed by atoms with van der Waals surface area (Å²) >= 11 is 0. The Morgan fingerprint density at radius 3 is 2.28 bits per heavy atom. The zero-order chi connectivity index (χ0) is 23.3. The van der Waals surface area contributed by atoms with Gasteiger partial charge in [-0.1, -0.05) is 54.6 Å². The van der Waals surface area contributed by atoms with E-state index in [-0.39, 0.29) is 13.0 Å². The average Bonchev–Trinajstić information content (AvgIpc) is 2.76. The lowest BCUT2D eigenvalue weighted by Gasteiger charge is -2.37. The maximum Gasteiger partial charge on any atom is 0.411 e. The van der Waals surface area contributed by atoms with Gasteiger partial charge in [-0.05, 0) is 37.5 Å². The van der Waals surface area contributed by atoms with Crippen LogP contribution in [0, 0.1) is 0 Å². The van der Waals surface area contributed by atoms with E-state index in [0.717, 1.165) is 16.7 Å². The van der Waals surface area contributed by atoms with E-state index in [1.807, 2.05) is 54.6 Å². The Kier molecular flexibility index (Phi) is 7.18. The number of esters is 1. The van der Waals surface area contributed by atoms with E-state index in [0.29, 0.717) is 6.42 Å². The molecule has 0 saturated heterocycles. The van der Waals surface area contributed by atoms with Gasteiger partial charge < -0.3 is 14.8 Å². The molecule has 7 nitrogen and oxygen atoms in total. The molecule has 1 N–H and O–H groups in total. The normalized spacial score (nSPS) is 16.5. The Morgan fingerprint density at radius 1 is 1.03 bits per heavy atom. The Morgan fingerprint density at radius 2 is 1.66 bits per heavy atom. The van der Waals surface area contributed by atoms with Gasteiger partial charge in [0.15, 0.2) is 0 Å². The molecule has 0 radical (unpaired) electrons. The predicted octanol–water partition coefficient (Wildman–Crippen LogP) is 3.25. The van der Waals surface area contributed by atoms with Crippen molar-refractivity contribution in [2.24, 2.45) is 0 Å². The third-order valence-corrected chi connectivity index (χ3v) is 5.26. The highest BCUT2D eigenvalue weighted by atomic mass is 16.6. The van der Waals surface area contributed by atoms with Gasteiger partial charge in [-0.2, -0.15) is 0 Å². The summed E-state index contributed by atoms with van der Waals surface area (Å²) in [6, 6.07) is 15.4. The average molecular weight is 439 g/mol. The van der Waals surface area contributed by atoms with E-state index < -0.39 is 35.7 Å². The minimum Gasteiger partial charge on any atom is -0.467 e. The molecule has 170 valence electrons. The van der Waals surface area contributed by atoms with E-state index in [1.165, 1.54) is 12.0 Å². The molecular formula is C25H30N2O5. The summed E-state index contributed by atoms with van der Waals surface area (Å²) in [6.07, 6.45) is 0.0555. The molecule has 7 heteroatoms. The maximum atomic E-state index is 13.3. The van der Waals surface area contributed by atoms with Crippen LogP contribution in [0.2, 0.25) is 0 Å². The van der Waals surface area contributed by atoms with Crippen molar-refractivity contribution in [3.05, 3.63) is 71.3 Å². The standard InChI is InChI=1S/C25H30N2O5/c1-25(2,3)32-24(30)27-16-19-13-9-8-12-18(19)15-21(27)22(28)26-20(23(29)31-4)14-17-10-6-5-7-11-17/h5-13,20-21H,14-16H2,1-4H3,(H,26,28)/t20-,21-/m0/s1. The van der Waals surface area contributed by atoms with Crippen LogP contribution in [0.3, 0.4) is 0 Å². The van der Waals surface area contributed by atoms with Gasteiger partial charge in [-0.3, -0.25) is 9.69 Å². The highest BCUT2D eigenvalue weighted by Crippen LogP contribution is 2.25. The van der Waals surface area contributed by atoms with E-state index in [9.17, 15) is 14.4 Å². The summed E-state index contributed by atoms with van der Waals surface area (Å²) in [5.74, 6) is -0.959. The fourth-order valence-corrected chi connectivity index (χ4v) is 3.72. The molecule has 0 unspecified atom stereocenters. The van der Waals surface area contributed by atoms with Crippen LogP contribution in [-0.2, 0) is 38.4 Å². The van der Waals surface area contributed by atoms with Crippen molar-refractivity contribution in [3.8, 4) is 0 Å². The number of amides is 2. The summed E-state index contributed by atoms with van der Waals surface area (Å²) < 4.78 is 10.5. The van der Waals surface area contributed by atoms with E-state index in [1.54, 1.807) is 20.8 Å². The number of methoxy groups -OCH3 is 1. The van der Waals surface area contributed by atoms with Gasteiger partial charge in [-0.15, -0.1) is 0 Å². The molecular weight excluding hydrogens is 408 g/mol. The highest BCUT2D eigenvalue weighted by Gasteiger charge is 2.38. The van der Waals surface area contributed by atoms with Gasteiger partial charge in [0.1, 0.15) is 17.7 Å². The van der Waals surface area contributed by atoms with Crippen molar-refractivity contribution < 1.29 is 23.9 Å². The molecule has 0 aliphatic carbocycles. The zero-order valence-corrected chi connectivity index (χ0v) is 19.0. The van der Waals surface area contributed by atoms with Crippen LogP contribution in [0.5, 0.6) is 0 Å². The highest BCUT2D eigenvalue weighted by molar-refractivity contribution is 5.90. The molecule has 1 aliphatic heterocycles. The van der Waals surface area contributed by atoms with Crippen LogP contribution >= 0.6 is 0 Å². The summed E-state index contributed by atoms with van der Waals surface area (Å²) in [5, 5.41) is 2.80. The van der Waals surface area contributed by atoms with Crippen LogP contribution in [-0.4, -0.2) is 47.7 Å². The largest absolute Gasteiger partial charge is 0.467 e. The van der Waals surface area contributed by atoms with Crippen LogP contribution in [0.15, 0.2) is 54.6 Å². The summed E-state index contributed by atoms with van der Waals surface area (Å²) in [4.78, 5) is 40.1. The van der Waals surface area contributed by atoms with Crippen molar-refractivity contribution >= 4 is 18.0 Å². The molecule has 2 amide bonds. The molecule has 2 aromatic carbocycles. The fraction of sp³-hybridized carbons (Fsp3) is 0.400. The predicted molar refractivity (Wildman–Crippen MR) is 120 cm³/mol. The summed E-state index contributed by atoms with van der Waals surface area (Å²) in [5.41, 5.74) is 2.15. The number of benzene rings is 2. The van der Waals surface area contributed by atoms with Crippen LogP contribution in [0.4, 0.5) is 4.79 Å². The van der Waals surface area contributed by atoms with Crippen LogP contribution < -0.4 is 5.32 Å². The van der Waals surface area contributed by atoms with Crippen molar-refractivity contribution in [1.29, 1.82) is 0 Å². The van der Waals surface area contributed by atoms with Gasteiger partial charge in [0, 0.05) is 12.8 Å². The molecule has 32 heavy (non-hydrogen) atoms. The molecule has 0 fully saturated rings. The number of rotatable bonds is 5. The number of nitrogens with zero attached hydrogens (tertiary/aromatic N) is 1. The lowest BCUT2D eigenvalue weighted by atomic mass is 9.93. The van der Waals surface area contributed by atoms with E-state index in [2.05, 4.69) is 5.32 Å². The number of hydrogen-bond donors (Lipinski definition) is 1. The first-order valence-corrected chi connectivity index (χ1v) is 10.7. The van der Waals surface area contributed by atoms with Crippen molar-refractivity contribution in [3.63, 3.8) is 0 Å². The van der Waals surface area contributed by atoms with Gasteiger partial charge in [0.2, 0.25) is 5.91 Å². The topological polar surface area (TPSA) is 84.9 Å². The Balaban J connectivity index is 1.84. The molecule has 0 spiro atoms. The molecule has 2 atom stereocenters. The quantitative estimate of drug-likeness (QED) is 0.725. The first kappa shape index (κ1) is 23.3. The summed E-state index contributed by atoms with van der Waals surface area (Å²) in [6.45, 7) is 5.60. The second-order valence-corrected chi connectivity index (χ2v) is 8.87. The van der Waals surface area contributed by atoms with Crippen molar-refractivity contribution in [2.75, 3.05) is 7.11 Å². The van der Waals surface area contributed by atoms with Crippen LogP contribution in [0.25, 0.3) is 0 Å². The SMILES string of the molecule is COC(=O)[C@H](Cc1ccccc1)NC(=O)[C@@H]1Cc2ccccc2CN1C(=O)OC(C)(C)C. The number of fused-ring (bicyclic) bond motifs is 1. The number of nitrogens with one attached hydrogen (secondary N) is 1. The van der Waals surface area contributed by atoms with Gasteiger partial charge in [0.05, 0.1) is 13.7 Å². The lowest BCUT2D eigenvalue weighted by molar-refractivity contribution is -0.145. The van der Waals surface area contributed by atoms with Gasteiger partial charge in [0.25, 0.3) is 0 Å². The Bertz CT molecular complexity index is 968. The molecule has 1 aliphatic rings. The van der Waals surface area contributed by atoms with Crippen LogP contribution in [0.1, 0.15) is 37.5 Å². The second kappa shape index (κ2) is 9.85. The zero-order valence-electron chi connectivity index (χ0n) is 19.0. The third-order valence-electron chi connectivity index (χ3n) is 5.26. The number of carbonyl (C=O) groups excluding carboxylic acids is 3. The van der Waals surface area contributed by atoms with Crippen molar-refractivity contribution in [1.82, 2.24) is 10.2 Å². The Hall–Kier alpha value is -3.35. The number of ether oxygens (including phenoxy) is 2. The number of carbonyl (C=O) groups is 3. The maximum absolute atomic E-state index is 13.3. The molecule has 0 aromatic heterocycles. The lowest BCUT2D eigenvalue weighted by Crippen LogP contribution is -2.56. The minimum atomic E-state index is -0.868. The second-order valence-electron chi connectivity index (χ2n) is 8.87. The molecule has 2 aromatic rings. The Labute approximate surface area is 188 Å². The molecule has 3 rings (SSSR count). The first-order chi connectivity index (χ1) is 15.2. The molecule has 0 bridgehead atoms. The number of hydrogen-bond acceptors (Lipinski definition) is 5. The van der Waals surface area contributed by atoms with Crippen molar-refractivity contribution in [2.45, 2.75) is 57.8 Å². The van der Waals surface area contributed by atoms with E-state index in [4.69, 9.17) is 9.47 Å². The van der Waals surface area contributed by atoms with Gasteiger partial charge >= 0.3 is 12.1 Å². The van der Waals surface area contributed by atoms with E-state index >= 15 is 0 Å². The first-order valence-electron chi connectivity index (χ1n) is 10.7. The molecule has 1 heterocycles. The molecule has 0 saturated carbocycles. The third kappa shape index (κ3) is 5.87.